The largest absolute Gasteiger partial charge is 0.370 e. The van der Waals surface area contributed by atoms with Crippen molar-refractivity contribution >= 4 is 10.8 Å². The number of hydrogen-bond acceptors (Lipinski definition) is 2. The molecule has 2 aromatic carbocycles. The Hall–Kier alpha value is -1.38. The molecule has 2 rings (SSSR count). The Kier molecular flexibility index (Phi) is 3.77. The lowest BCUT2D eigenvalue weighted by Gasteiger charge is -2.20. The van der Waals surface area contributed by atoms with Gasteiger partial charge in [0.15, 0.2) is 0 Å². The van der Waals surface area contributed by atoms with Gasteiger partial charge in [-0.15, -0.1) is 0 Å². The van der Waals surface area contributed by atoms with E-state index in [1.807, 2.05) is 19.9 Å². The van der Waals surface area contributed by atoms with Crippen LogP contribution in [0, 0.1) is 0 Å². The van der Waals surface area contributed by atoms with Gasteiger partial charge in [0.2, 0.25) is 0 Å². The molecule has 0 aromatic heterocycles. The highest BCUT2D eigenvalue weighted by Crippen LogP contribution is 2.26. The van der Waals surface area contributed by atoms with E-state index in [0.717, 1.165) is 0 Å². The van der Waals surface area contributed by atoms with Crippen LogP contribution in [0.15, 0.2) is 42.5 Å². The lowest BCUT2D eigenvalue weighted by Crippen LogP contribution is -2.19. The molecule has 0 spiro atoms. The van der Waals surface area contributed by atoms with Crippen molar-refractivity contribution < 1.29 is 4.74 Å². The number of nitrogens with two attached hydrogens (primary N) is 1. The minimum atomic E-state index is -0.0268. The van der Waals surface area contributed by atoms with Gasteiger partial charge >= 0.3 is 0 Å². The first-order chi connectivity index (χ1) is 8.22. The molecule has 0 bridgehead atoms. The topological polar surface area (TPSA) is 35.2 Å². The van der Waals surface area contributed by atoms with Gasteiger partial charge in [-0.3, -0.25) is 0 Å². The molecule has 0 aliphatic carbocycles. The molecule has 2 nitrogen and oxygen atoms in total. The van der Waals surface area contributed by atoms with Crippen molar-refractivity contribution in [1.82, 2.24) is 0 Å². The highest BCUT2D eigenvalue weighted by atomic mass is 16.5. The first-order valence-electron chi connectivity index (χ1n) is 6.05. The molecule has 90 valence electrons. The van der Waals surface area contributed by atoms with Crippen molar-refractivity contribution in [2.75, 3.05) is 6.54 Å². The third-order valence-electron chi connectivity index (χ3n) is 2.82. The minimum Gasteiger partial charge on any atom is -0.370 e. The maximum atomic E-state index is 5.87. The number of rotatable bonds is 4. The molecule has 0 aliphatic rings. The van der Waals surface area contributed by atoms with Gasteiger partial charge in [0, 0.05) is 6.54 Å². The summed E-state index contributed by atoms with van der Waals surface area (Å²) in [5.41, 5.74) is 7.00. The Morgan fingerprint density at radius 2 is 1.76 bits per heavy atom. The van der Waals surface area contributed by atoms with E-state index in [-0.39, 0.29) is 12.2 Å². The van der Waals surface area contributed by atoms with Crippen molar-refractivity contribution in [2.45, 2.75) is 26.1 Å². The van der Waals surface area contributed by atoms with E-state index in [4.69, 9.17) is 10.5 Å². The summed E-state index contributed by atoms with van der Waals surface area (Å²) in [5.74, 6) is 0. The first kappa shape index (κ1) is 12.1. The van der Waals surface area contributed by atoms with Crippen LogP contribution in [0.3, 0.4) is 0 Å². The van der Waals surface area contributed by atoms with Crippen LogP contribution >= 0.6 is 0 Å². The van der Waals surface area contributed by atoms with E-state index in [1.54, 1.807) is 0 Å². The number of fused-ring (bicyclic) bond motifs is 1. The van der Waals surface area contributed by atoms with Crippen LogP contribution in [0.5, 0.6) is 0 Å². The Labute approximate surface area is 102 Å². The molecule has 2 aromatic rings. The lowest BCUT2D eigenvalue weighted by molar-refractivity contribution is 0.0128. The van der Waals surface area contributed by atoms with Gasteiger partial charge in [0.25, 0.3) is 0 Å². The molecule has 1 unspecified atom stereocenters. The predicted octanol–water partition coefficient (Wildman–Crippen LogP) is 3.26. The predicted molar refractivity (Wildman–Crippen MR) is 72.0 cm³/mol. The molecule has 0 amide bonds. The quantitative estimate of drug-likeness (QED) is 0.873. The average molecular weight is 229 g/mol. The highest BCUT2D eigenvalue weighted by Gasteiger charge is 2.14. The van der Waals surface area contributed by atoms with Crippen molar-refractivity contribution in [3.8, 4) is 0 Å². The maximum Gasteiger partial charge on any atom is 0.0956 e. The van der Waals surface area contributed by atoms with Crippen molar-refractivity contribution in [2.24, 2.45) is 5.73 Å². The van der Waals surface area contributed by atoms with E-state index < -0.39 is 0 Å². The van der Waals surface area contributed by atoms with Gasteiger partial charge in [0.05, 0.1) is 12.2 Å². The second kappa shape index (κ2) is 5.30. The molecule has 0 aliphatic heterocycles. The van der Waals surface area contributed by atoms with Gasteiger partial charge < -0.3 is 10.5 Å². The van der Waals surface area contributed by atoms with E-state index in [2.05, 4.69) is 36.4 Å². The van der Waals surface area contributed by atoms with Gasteiger partial charge in [-0.1, -0.05) is 42.5 Å². The number of hydrogen-bond donors (Lipinski definition) is 1. The van der Waals surface area contributed by atoms with Gasteiger partial charge in [0.1, 0.15) is 0 Å². The smallest absolute Gasteiger partial charge is 0.0956 e. The van der Waals surface area contributed by atoms with E-state index in [0.29, 0.717) is 6.54 Å². The van der Waals surface area contributed by atoms with Gasteiger partial charge in [-0.2, -0.15) is 0 Å². The molecular formula is C15H19NO. The normalized spacial score (nSPS) is 13.2. The summed E-state index contributed by atoms with van der Waals surface area (Å²) in [4.78, 5) is 0. The highest BCUT2D eigenvalue weighted by molar-refractivity contribution is 5.86. The monoisotopic (exact) mass is 229 g/mol. The van der Waals surface area contributed by atoms with Gasteiger partial charge in [-0.25, -0.2) is 0 Å². The zero-order chi connectivity index (χ0) is 12.3. The molecule has 2 N–H and O–H groups in total. The summed E-state index contributed by atoms with van der Waals surface area (Å²) in [6, 6.07) is 14.6. The van der Waals surface area contributed by atoms with E-state index in [9.17, 15) is 0 Å². The van der Waals surface area contributed by atoms with Gasteiger partial charge in [-0.05, 0) is 30.2 Å². The molecule has 0 fully saturated rings. The van der Waals surface area contributed by atoms with Crippen LogP contribution < -0.4 is 5.73 Å². The fourth-order valence-corrected chi connectivity index (χ4v) is 2.12. The molecule has 0 saturated heterocycles. The van der Waals surface area contributed by atoms with E-state index >= 15 is 0 Å². The minimum absolute atomic E-state index is 0.0268. The third kappa shape index (κ3) is 2.65. The average Bonchev–Trinajstić information content (AvgIpc) is 2.35. The van der Waals surface area contributed by atoms with Crippen molar-refractivity contribution in [3.63, 3.8) is 0 Å². The molecular weight excluding hydrogens is 210 g/mol. The van der Waals surface area contributed by atoms with Crippen LogP contribution in [-0.4, -0.2) is 12.6 Å². The van der Waals surface area contributed by atoms with Crippen LogP contribution in [0.4, 0.5) is 0 Å². The first-order valence-corrected chi connectivity index (χ1v) is 6.05. The SMILES string of the molecule is CC(C)OC(CN)c1cccc2ccccc12. The molecule has 0 radical (unpaired) electrons. The maximum absolute atomic E-state index is 5.87. The number of benzene rings is 2. The Morgan fingerprint density at radius 3 is 2.47 bits per heavy atom. The lowest BCUT2D eigenvalue weighted by atomic mass is 10.0. The van der Waals surface area contributed by atoms with Crippen molar-refractivity contribution in [3.05, 3.63) is 48.0 Å². The summed E-state index contributed by atoms with van der Waals surface area (Å²) in [6.45, 7) is 4.58. The van der Waals surface area contributed by atoms with Crippen LogP contribution in [0.2, 0.25) is 0 Å². The second-order valence-electron chi connectivity index (χ2n) is 4.48. The summed E-state index contributed by atoms with van der Waals surface area (Å²) in [6.07, 6.45) is 0.156. The summed E-state index contributed by atoms with van der Waals surface area (Å²) in [7, 11) is 0. The third-order valence-corrected chi connectivity index (χ3v) is 2.82. The fourth-order valence-electron chi connectivity index (χ4n) is 2.12. The molecule has 17 heavy (non-hydrogen) atoms. The second-order valence-corrected chi connectivity index (χ2v) is 4.48. The Balaban J connectivity index is 2.46. The fraction of sp³-hybridized carbons (Fsp3) is 0.333. The standard InChI is InChI=1S/C15H19NO/c1-11(2)17-15(10-16)14-9-5-7-12-6-3-4-8-13(12)14/h3-9,11,15H,10,16H2,1-2H3. The summed E-state index contributed by atoms with van der Waals surface area (Å²) >= 11 is 0. The number of ether oxygens (including phenoxy) is 1. The molecule has 2 heteroatoms. The van der Waals surface area contributed by atoms with Crippen LogP contribution in [-0.2, 0) is 4.74 Å². The Bertz CT molecular complexity index is 488. The summed E-state index contributed by atoms with van der Waals surface area (Å²) in [5, 5.41) is 2.46. The van der Waals surface area contributed by atoms with Crippen LogP contribution in [0.1, 0.15) is 25.5 Å². The molecule has 0 saturated carbocycles. The Morgan fingerprint density at radius 1 is 1.06 bits per heavy atom. The van der Waals surface area contributed by atoms with Crippen LogP contribution in [0.25, 0.3) is 10.8 Å². The molecule has 1 atom stereocenters. The summed E-state index contributed by atoms with van der Waals surface area (Å²) < 4.78 is 5.87. The molecule has 0 heterocycles. The zero-order valence-electron chi connectivity index (χ0n) is 10.4. The van der Waals surface area contributed by atoms with E-state index in [1.165, 1.54) is 16.3 Å². The van der Waals surface area contributed by atoms with Crippen molar-refractivity contribution in [1.29, 1.82) is 0 Å². The zero-order valence-corrected chi connectivity index (χ0v) is 10.4.